The van der Waals surface area contributed by atoms with Crippen LogP contribution in [0.25, 0.3) is 0 Å². The average Bonchev–Trinajstić information content (AvgIpc) is 2.16. The van der Waals surface area contributed by atoms with Crippen LogP contribution >= 0.6 is 0 Å². The van der Waals surface area contributed by atoms with Crippen LogP contribution in [0.1, 0.15) is 20.7 Å². The zero-order chi connectivity index (χ0) is 9.84. The fourth-order valence-electron chi connectivity index (χ4n) is 1.05. The fourth-order valence-corrected chi connectivity index (χ4v) is 1.05. The van der Waals surface area contributed by atoms with Crippen LogP contribution in [0.2, 0.25) is 0 Å². The molecule has 0 aliphatic heterocycles. The molecule has 3 nitrogen and oxygen atoms in total. The molecule has 0 aliphatic rings. The van der Waals surface area contributed by atoms with Gasteiger partial charge in [0, 0.05) is 30.9 Å². The van der Waals surface area contributed by atoms with Crippen molar-refractivity contribution < 1.29 is 9.59 Å². The summed E-state index contributed by atoms with van der Waals surface area (Å²) in [6.07, 6.45) is 1.47. The van der Waals surface area contributed by atoms with Gasteiger partial charge >= 0.3 is 0 Å². The molecule has 0 saturated carbocycles. The van der Waals surface area contributed by atoms with Crippen molar-refractivity contribution in [2.75, 3.05) is 19.0 Å². The molecule has 0 N–H and O–H groups in total. The van der Waals surface area contributed by atoms with Crippen molar-refractivity contribution in [1.29, 1.82) is 0 Å². The molecule has 0 saturated heterocycles. The van der Waals surface area contributed by atoms with Gasteiger partial charge in [0.1, 0.15) is 12.6 Å². The Morgan fingerprint density at radius 1 is 1.00 bits per heavy atom. The SMILES string of the molecule is CN(C)c1cc(C=O)cc(C=O)c1. The van der Waals surface area contributed by atoms with E-state index in [1.165, 1.54) is 0 Å². The number of hydrogen-bond acceptors (Lipinski definition) is 3. The average molecular weight is 177 g/mol. The van der Waals surface area contributed by atoms with Gasteiger partial charge in [-0.2, -0.15) is 0 Å². The molecule has 0 radical (unpaired) electrons. The van der Waals surface area contributed by atoms with Gasteiger partial charge in [0.2, 0.25) is 0 Å². The first-order chi connectivity index (χ1) is 6.17. The van der Waals surface area contributed by atoms with Crippen molar-refractivity contribution in [3.8, 4) is 0 Å². The third kappa shape index (κ3) is 2.15. The summed E-state index contributed by atoms with van der Waals surface area (Å²) < 4.78 is 0. The summed E-state index contributed by atoms with van der Waals surface area (Å²) in [6.45, 7) is 0. The fraction of sp³-hybridized carbons (Fsp3) is 0.200. The first kappa shape index (κ1) is 9.45. The minimum atomic E-state index is 0.522. The number of nitrogens with zero attached hydrogens (tertiary/aromatic N) is 1. The van der Waals surface area contributed by atoms with Crippen LogP contribution in [-0.2, 0) is 0 Å². The van der Waals surface area contributed by atoms with E-state index in [9.17, 15) is 9.59 Å². The van der Waals surface area contributed by atoms with Crippen LogP contribution in [0.3, 0.4) is 0 Å². The smallest absolute Gasteiger partial charge is 0.150 e. The van der Waals surface area contributed by atoms with Crippen LogP contribution < -0.4 is 4.90 Å². The number of hydrogen-bond donors (Lipinski definition) is 0. The Bertz CT molecular complexity index is 305. The van der Waals surface area contributed by atoms with Gasteiger partial charge in [0.15, 0.2) is 0 Å². The summed E-state index contributed by atoms with van der Waals surface area (Å²) in [5.41, 5.74) is 1.90. The van der Waals surface area contributed by atoms with E-state index >= 15 is 0 Å². The lowest BCUT2D eigenvalue weighted by molar-refractivity contribution is 0.112. The molecule has 0 amide bonds. The number of carbonyl (C=O) groups excluding carboxylic acids is 2. The van der Waals surface area contributed by atoms with Gasteiger partial charge in [0.05, 0.1) is 0 Å². The molecule has 1 rings (SSSR count). The van der Waals surface area contributed by atoms with Crippen molar-refractivity contribution in [2.45, 2.75) is 0 Å². The Hall–Kier alpha value is -1.64. The zero-order valence-electron chi connectivity index (χ0n) is 7.65. The predicted molar refractivity (Wildman–Crippen MR) is 51.5 cm³/mol. The maximum atomic E-state index is 10.5. The molecule has 0 bridgehead atoms. The molecule has 0 aromatic heterocycles. The monoisotopic (exact) mass is 177 g/mol. The topological polar surface area (TPSA) is 37.4 Å². The highest BCUT2D eigenvalue weighted by Gasteiger charge is 2.00. The number of anilines is 1. The Balaban J connectivity index is 3.22. The Morgan fingerprint density at radius 3 is 1.77 bits per heavy atom. The van der Waals surface area contributed by atoms with E-state index in [-0.39, 0.29) is 0 Å². The molecule has 0 spiro atoms. The van der Waals surface area contributed by atoms with Crippen LogP contribution in [0.4, 0.5) is 5.69 Å². The molecule has 0 fully saturated rings. The second kappa shape index (κ2) is 3.85. The zero-order valence-corrected chi connectivity index (χ0v) is 7.65. The van der Waals surface area contributed by atoms with E-state index < -0.39 is 0 Å². The van der Waals surface area contributed by atoms with Crippen LogP contribution in [0, 0.1) is 0 Å². The normalized spacial score (nSPS) is 9.38. The van der Waals surface area contributed by atoms with Crippen molar-refractivity contribution in [3.05, 3.63) is 29.3 Å². The van der Waals surface area contributed by atoms with Gasteiger partial charge in [-0.1, -0.05) is 0 Å². The van der Waals surface area contributed by atoms with Gasteiger partial charge in [-0.05, 0) is 18.2 Å². The van der Waals surface area contributed by atoms with E-state index in [0.717, 1.165) is 18.3 Å². The molecule has 3 heteroatoms. The molecular weight excluding hydrogens is 166 g/mol. The quantitative estimate of drug-likeness (QED) is 0.654. The number of rotatable bonds is 3. The highest BCUT2D eigenvalue weighted by Crippen LogP contribution is 2.15. The largest absolute Gasteiger partial charge is 0.378 e. The summed E-state index contributed by atoms with van der Waals surface area (Å²) in [4.78, 5) is 22.9. The molecule has 0 atom stereocenters. The molecule has 0 aliphatic carbocycles. The highest BCUT2D eigenvalue weighted by atomic mass is 16.1. The van der Waals surface area contributed by atoms with Gasteiger partial charge in [-0.25, -0.2) is 0 Å². The van der Waals surface area contributed by atoms with Gasteiger partial charge in [-0.3, -0.25) is 9.59 Å². The standard InChI is InChI=1S/C10H11NO2/c1-11(2)10-4-8(6-12)3-9(5-10)7-13/h3-7H,1-2H3. The molecule has 0 heterocycles. The molecule has 1 aromatic rings. The van der Waals surface area contributed by atoms with Crippen molar-refractivity contribution in [3.63, 3.8) is 0 Å². The number of carbonyl (C=O) groups is 2. The first-order valence-electron chi connectivity index (χ1n) is 3.90. The molecule has 68 valence electrons. The van der Waals surface area contributed by atoms with Gasteiger partial charge < -0.3 is 4.90 Å². The maximum absolute atomic E-state index is 10.5. The third-order valence-electron chi connectivity index (χ3n) is 1.75. The van der Waals surface area contributed by atoms with E-state index in [0.29, 0.717) is 11.1 Å². The second-order valence-electron chi connectivity index (χ2n) is 2.99. The van der Waals surface area contributed by atoms with Crippen molar-refractivity contribution >= 4 is 18.3 Å². The Kier molecular flexibility index (Phi) is 2.80. The molecule has 1 aromatic carbocycles. The molecular formula is C10H11NO2. The first-order valence-corrected chi connectivity index (χ1v) is 3.90. The number of aldehydes is 2. The van der Waals surface area contributed by atoms with Crippen LogP contribution in [0.5, 0.6) is 0 Å². The minimum Gasteiger partial charge on any atom is -0.378 e. The lowest BCUT2D eigenvalue weighted by Gasteiger charge is -2.12. The summed E-state index contributed by atoms with van der Waals surface area (Å²) in [5, 5.41) is 0. The highest BCUT2D eigenvalue weighted by molar-refractivity contribution is 5.84. The Labute approximate surface area is 77.0 Å². The van der Waals surface area contributed by atoms with Gasteiger partial charge in [-0.15, -0.1) is 0 Å². The molecule has 0 unspecified atom stereocenters. The summed E-state index contributed by atoms with van der Waals surface area (Å²) >= 11 is 0. The number of benzene rings is 1. The third-order valence-corrected chi connectivity index (χ3v) is 1.75. The maximum Gasteiger partial charge on any atom is 0.150 e. The van der Waals surface area contributed by atoms with E-state index in [1.54, 1.807) is 18.2 Å². The second-order valence-corrected chi connectivity index (χ2v) is 2.99. The van der Waals surface area contributed by atoms with E-state index in [4.69, 9.17) is 0 Å². The summed E-state index contributed by atoms with van der Waals surface area (Å²) in [5.74, 6) is 0. The van der Waals surface area contributed by atoms with Crippen molar-refractivity contribution in [1.82, 2.24) is 0 Å². The van der Waals surface area contributed by atoms with E-state index in [1.807, 2.05) is 19.0 Å². The minimum absolute atomic E-state index is 0.522. The summed E-state index contributed by atoms with van der Waals surface area (Å²) in [7, 11) is 3.72. The van der Waals surface area contributed by atoms with Crippen molar-refractivity contribution in [2.24, 2.45) is 0 Å². The lowest BCUT2D eigenvalue weighted by Crippen LogP contribution is -2.09. The molecule has 13 heavy (non-hydrogen) atoms. The van der Waals surface area contributed by atoms with Gasteiger partial charge in [0.25, 0.3) is 0 Å². The lowest BCUT2D eigenvalue weighted by atomic mass is 10.1. The Morgan fingerprint density at radius 2 is 1.46 bits per heavy atom. The van der Waals surface area contributed by atoms with E-state index in [2.05, 4.69) is 0 Å². The predicted octanol–water partition coefficient (Wildman–Crippen LogP) is 1.38. The summed E-state index contributed by atoms with van der Waals surface area (Å²) in [6, 6.07) is 5.03. The van der Waals surface area contributed by atoms with Crippen LogP contribution in [-0.4, -0.2) is 26.7 Å². The van der Waals surface area contributed by atoms with Crippen LogP contribution in [0.15, 0.2) is 18.2 Å².